The number of rotatable bonds is 8. The van der Waals surface area contributed by atoms with Gasteiger partial charge in [0.15, 0.2) is 29.6 Å². The molecule has 0 atom stereocenters. The summed E-state index contributed by atoms with van der Waals surface area (Å²) >= 11 is 0. The van der Waals surface area contributed by atoms with E-state index in [2.05, 4.69) is 5.32 Å². The van der Waals surface area contributed by atoms with Crippen molar-refractivity contribution in [1.82, 2.24) is 0 Å². The average molecular weight is 415 g/mol. The number of benzene rings is 2. The molecule has 1 heterocycles. The molecule has 0 bridgehead atoms. The molecule has 0 spiro atoms. The molecule has 0 fully saturated rings. The van der Waals surface area contributed by atoms with Gasteiger partial charge in [-0.2, -0.15) is 0 Å². The first-order chi connectivity index (χ1) is 14.6. The minimum atomic E-state index is -0.460. The molecule has 30 heavy (non-hydrogen) atoms. The highest BCUT2D eigenvalue weighted by atomic mass is 16.5. The summed E-state index contributed by atoms with van der Waals surface area (Å²) in [6, 6.07) is 10.6. The Morgan fingerprint density at radius 2 is 1.73 bits per heavy atom. The summed E-state index contributed by atoms with van der Waals surface area (Å²) in [6.45, 7) is 0.791. The summed E-state index contributed by atoms with van der Waals surface area (Å²) in [7, 11) is 3.12. The lowest BCUT2D eigenvalue weighted by Crippen LogP contribution is -2.21. The van der Waals surface area contributed by atoms with E-state index in [0.29, 0.717) is 48.3 Å². The molecule has 2 aromatic rings. The molecule has 0 aliphatic carbocycles. The van der Waals surface area contributed by atoms with Crippen LogP contribution in [0.15, 0.2) is 36.4 Å². The zero-order chi connectivity index (χ0) is 21.3. The van der Waals surface area contributed by atoms with Crippen molar-refractivity contribution in [1.29, 1.82) is 0 Å². The van der Waals surface area contributed by atoms with Crippen molar-refractivity contribution < 1.29 is 33.3 Å². The lowest BCUT2D eigenvalue weighted by molar-refractivity contribution is -0.147. The van der Waals surface area contributed by atoms with Gasteiger partial charge in [0.2, 0.25) is 0 Å². The van der Waals surface area contributed by atoms with E-state index >= 15 is 0 Å². The summed E-state index contributed by atoms with van der Waals surface area (Å²) < 4.78 is 26.7. The highest BCUT2D eigenvalue weighted by molar-refractivity contribution is 5.93. The second-order valence-corrected chi connectivity index (χ2v) is 6.61. The molecule has 2 aromatic carbocycles. The van der Waals surface area contributed by atoms with E-state index in [-0.39, 0.29) is 13.0 Å². The van der Waals surface area contributed by atoms with Crippen LogP contribution in [0, 0.1) is 0 Å². The van der Waals surface area contributed by atoms with Crippen LogP contribution in [0.25, 0.3) is 0 Å². The number of anilines is 1. The van der Waals surface area contributed by atoms with Crippen molar-refractivity contribution in [2.24, 2.45) is 0 Å². The maximum atomic E-state index is 12.1. The third kappa shape index (κ3) is 5.79. The van der Waals surface area contributed by atoms with E-state index in [1.54, 1.807) is 38.5 Å². The van der Waals surface area contributed by atoms with Gasteiger partial charge >= 0.3 is 5.97 Å². The van der Waals surface area contributed by atoms with Crippen LogP contribution < -0.4 is 24.3 Å². The third-order valence-electron chi connectivity index (χ3n) is 4.46. The molecule has 1 aliphatic rings. The van der Waals surface area contributed by atoms with Crippen LogP contribution in [0.1, 0.15) is 18.4 Å². The highest BCUT2D eigenvalue weighted by Gasteiger charge is 2.13. The van der Waals surface area contributed by atoms with Gasteiger partial charge in [-0.15, -0.1) is 0 Å². The Bertz CT molecular complexity index is 897. The number of hydrogen-bond donors (Lipinski definition) is 1. The van der Waals surface area contributed by atoms with Crippen LogP contribution in [0.2, 0.25) is 0 Å². The van der Waals surface area contributed by atoms with Gasteiger partial charge in [-0.1, -0.05) is 6.07 Å². The van der Waals surface area contributed by atoms with E-state index in [1.807, 2.05) is 12.1 Å². The first-order valence-electron chi connectivity index (χ1n) is 9.65. The molecule has 8 nitrogen and oxygen atoms in total. The maximum Gasteiger partial charge on any atom is 0.306 e. The Balaban J connectivity index is 1.44. The van der Waals surface area contributed by atoms with Gasteiger partial charge in [-0.05, 0) is 36.2 Å². The summed E-state index contributed by atoms with van der Waals surface area (Å²) in [5, 5.41) is 2.69. The van der Waals surface area contributed by atoms with Gasteiger partial charge in [-0.3, -0.25) is 9.59 Å². The quantitative estimate of drug-likeness (QED) is 0.663. The van der Waals surface area contributed by atoms with Gasteiger partial charge in [0.1, 0.15) is 0 Å². The highest BCUT2D eigenvalue weighted by Crippen LogP contribution is 2.32. The minimum Gasteiger partial charge on any atom is -0.493 e. The average Bonchev–Trinajstić information content (AvgIpc) is 3.01. The van der Waals surface area contributed by atoms with Gasteiger partial charge in [-0.25, -0.2) is 0 Å². The second kappa shape index (κ2) is 10.4. The molecule has 0 aromatic heterocycles. The maximum absolute atomic E-state index is 12.1. The smallest absolute Gasteiger partial charge is 0.306 e. The predicted molar refractivity (Wildman–Crippen MR) is 110 cm³/mol. The molecular formula is C22H25NO7. The van der Waals surface area contributed by atoms with E-state index in [4.69, 9.17) is 23.7 Å². The number of hydrogen-bond acceptors (Lipinski definition) is 7. The van der Waals surface area contributed by atoms with Gasteiger partial charge in [0.05, 0.1) is 27.4 Å². The summed E-state index contributed by atoms with van der Waals surface area (Å²) in [4.78, 5) is 24.1. The lowest BCUT2D eigenvalue weighted by atomic mass is 10.1. The number of aryl methyl sites for hydroxylation is 1. The van der Waals surface area contributed by atoms with Gasteiger partial charge in [0, 0.05) is 24.6 Å². The van der Waals surface area contributed by atoms with E-state index in [9.17, 15) is 9.59 Å². The van der Waals surface area contributed by atoms with E-state index in [1.165, 1.54) is 0 Å². The molecule has 1 N–H and O–H groups in total. The SMILES string of the molecule is COc1ccc(CCC(=O)OCC(=O)Nc2ccc3c(c2)OCCCO3)cc1OC. The summed E-state index contributed by atoms with van der Waals surface area (Å²) in [5.41, 5.74) is 1.45. The number of nitrogens with one attached hydrogen (secondary N) is 1. The molecular weight excluding hydrogens is 390 g/mol. The minimum absolute atomic E-state index is 0.146. The van der Waals surface area contributed by atoms with Crippen molar-refractivity contribution >= 4 is 17.6 Å². The van der Waals surface area contributed by atoms with Crippen molar-refractivity contribution in [3.63, 3.8) is 0 Å². The standard InChI is InChI=1S/C22H25NO7/c1-26-17-7-4-15(12-19(17)27-2)5-9-22(25)30-14-21(24)23-16-6-8-18-20(13-16)29-11-3-10-28-18/h4,6-8,12-13H,3,5,9-11,14H2,1-2H3,(H,23,24). The van der Waals surface area contributed by atoms with E-state index in [0.717, 1.165) is 12.0 Å². The summed E-state index contributed by atoms with van der Waals surface area (Å²) in [6.07, 6.45) is 1.41. The van der Waals surface area contributed by atoms with Crippen LogP contribution in [0.4, 0.5) is 5.69 Å². The van der Waals surface area contributed by atoms with Crippen molar-refractivity contribution in [3.8, 4) is 23.0 Å². The second-order valence-electron chi connectivity index (χ2n) is 6.61. The third-order valence-corrected chi connectivity index (χ3v) is 4.46. The fraction of sp³-hybridized carbons (Fsp3) is 0.364. The Hall–Kier alpha value is -3.42. The molecule has 1 amide bonds. The molecule has 0 saturated carbocycles. The Morgan fingerprint density at radius 1 is 0.967 bits per heavy atom. The monoisotopic (exact) mass is 415 g/mol. The topological polar surface area (TPSA) is 92.3 Å². The number of amides is 1. The Kier molecular flexibility index (Phi) is 7.37. The Labute approximate surface area is 175 Å². The molecule has 8 heteroatoms. The van der Waals surface area contributed by atoms with E-state index < -0.39 is 11.9 Å². The zero-order valence-electron chi connectivity index (χ0n) is 17.1. The van der Waals surface area contributed by atoms with Gasteiger partial charge < -0.3 is 29.0 Å². The molecule has 0 saturated heterocycles. The number of carbonyl (C=O) groups excluding carboxylic acids is 2. The lowest BCUT2D eigenvalue weighted by Gasteiger charge is -2.11. The van der Waals surface area contributed by atoms with Gasteiger partial charge in [0.25, 0.3) is 5.91 Å². The first kappa shape index (κ1) is 21.3. The van der Waals surface area contributed by atoms with Crippen molar-refractivity contribution in [2.75, 3.05) is 39.4 Å². The predicted octanol–water partition coefficient (Wildman–Crippen LogP) is 2.98. The van der Waals surface area contributed by atoms with Crippen LogP contribution in [0.3, 0.4) is 0 Å². The first-order valence-corrected chi connectivity index (χ1v) is 9.65. The van der Waals surface area contributed by atoms with Crippen LogP contribution in [-0.2, 0) is 20.7 Å². The molecule has 0 unspecified atom stereocenters. The molecule has 0 radical (unpaired) electrons. The molecule has 3 rings (SSSR count). The molecule has 160 valence electrons. The number of methoxy groups -OCH3 is 2. The number of carbonyl (C=O) groups is 2. The fourth-order valence-corrected chi connectivity index (χ4v) is 2.94. The number of fused-ring (bicyclic) bond motifs is 1. The normalized spacial score (nSPS) is 12.5. The largest absolute Gasteiger partial charge is 0.493 e. The Morgan fingerprint density at radius 3 is 2.50 bits per heavy atom. The van der Waals surface area contributed by atoms with Crippen LogP contribution in [-0.4, -0.2) is 45.9 Å². The zero-order valence-corrected chi connectivity index (χ0v) is 17.1. The number of esters is 1. The van der Waals surface area contributed by atoms with Crippen LogP contribution in [0.5, 0.6) is 23.0 Å². The van der Waals surface area contributed by atoms with Crippen molar-refractivity contribution in [3.05, 3.63) is 42.0 Å². The summed E-state index contributed by atoms with van der Waals surface area (Å²) in [5.74, 6) is 1.56. The number of ether oxygens (including phenoxy) is 5. The van der Waals surface area contributed by atoms with Crippen LogP contribution >= 0.6 is 0 Å². The van der Waals surface area contributed by atoms with Crippen molar-refractivity contribution in [2.45, 2.75) is 19.3 Å². The molecule has 1 aliphatic heterocycles. The fourth-order valence-electron chi connectivity index (χ4n) is 2.94.